The van der Waals surface area contributed by atoms with Crippen molar-refractivity contribution in [3.8, 4) is 0 Å². The Morgan fingerprint density at radius 2 is 2.26 bits per heavy atom. The fourth-order valence-electron chi connectivity index (χ4n) is 2.93. The van der Waals surface area contributed by atoms with E-state index in [4.69, 9.17) is 0 Å². The van der Waals surface area contributed by atoms with Gasteiger partial charge in [-0.1, -0.05) is 0 Å². The molecule has 1 N–H and O–H groups in total. The number of hydrogen-bond acceptors (Lipinski definition) is 6. The van der Waals surface area contributed by atoms with Gasteiger partial charge in [0.05, 0.1) is 12.7 Å². The first kappa shape index (κ1) is 15.4. The molecule has 0 bridgehead atoms. The van der Waals surface area contributed by atoms with Crippen molar-refractivity contribution in [3.63, 3.8) is 0 Å². The third kappa shape index (κ3) is 3.16. The highest BCUT2D eigenvalue weighted by atomic mass is 16.3. The first-order chi connectivity index (χ1) is 11.0. The fourth-order valence-corrected chi connectivity index (χ4v) is 2.93. The van der Waals surface area contributed by atoms with E-state index in [1.807, 2.05) is 4.90 Å². The number of rotatable bonds is 4. The third-order valence-corrected chi connectivity index (χ3v) is 4.12. The minimum absolute atomic E-state index is 0.156. The van der Waals surface area contributed by atoms with Gasteiger partial charge >= 0.3 is 0 Å². The summed E-state index contributed by atoms with van der Waals surface area (Å²) in [4.78, 5) is 24.2. The maximum Gasteiger partial charge on any atom is 0.271 e. The van der Waals surface area contributed by atoms with Gasteiger partial charge in [-0.2, -0.15) is 5.10 Å². The summed E-state index contributed by atoms with van der Waals surface area (Å²) in [5, 5.41) is 14.8. The summed E-state index contributed by atoms with van der Waals surface area (Å²) < 4.78 is 1.53. The van der Waals surface area contributed by atoms with Crippen molar-refractivity contribution in [2.45, 2.75) is 12.0 Å². The van der Waals surface area contributed by atoms with Crippen LogP contribution in [0.1, 0.15) is 16.9 Å². The van der Waals surface area contributed by atoms with Gasteiger partial charge in [0.25, 0.3) is 5.91 Å². The highest BCUT2D eigenvalue weighted by Gasteiger charge is 2.38. The van der Waals surface area contributed by atoms with Gasteiger partial charge in [0.1, 0.15) is 17.1 Å². The number of anilines is 1. The van der Waals surface area contributed by atoms with Crippen LogP contribution in [0.4, 0.5) is 5.82 Å². The molecule has 2 aromatic heterocycles. The van der Waals surface area contributed by atoms with E-state index in [0.717, 1.165) is 5.82 Å². The Morgan fingerprint density at radius 3 is 2.91 bits per heavy atom. The zero-order chi connectivity index (χ0) is 16.4. The minimum Gasteiger partial charge on any atom is -0.386 e. The Labute approximate surface area is 134 Å². The lowest BCUT2D eigenvalue weighted by Crippen LogP contribution is -2.46. The fraction of sp³-hybridized carbons (Fsp3) is 0.467. The van der Waals surface area contributed by atoms with Gasteiger partial charge in [-0.05, 0) is 12.5 Å². The molecule has 3 rings (SSSR count). The molecule has 3 heterocycles. The summed E-state index contributed by atoms with van der Waals surface area (Å²) in [7, 11) is 3.42. The van der Waals surface area contributed by atoms with Crippen molar-refractivity contribution in [2.24, 2.45) is 7.05 Å². The second-order valence-corrected chi connectivity index (χ2v) is 5.96. The number of carbonyl (C=O) groups excluding carboxylic acids is 1. The first-order valence-corrected chi connectivity index (χ1v) is 7.45. The topological polar surface area (TPSA) is 87.4 Å². The molecule has 0 saturated carbocycles. The van der Waals surface area contributed by atoms with E-state index >= 15 is 0 Å². The van der Waals surface area contributed by atoms with Crippen molar-refractivity contribution in [3.05, 3.63) is 36.5 Å². The molecule has 1 unspecified atom stereocenters. The smallest absolute Gasteiger partial charge is 0.271 e. The van der Waals surface area contributed by atoms with Gasteiger partial charge < -0.3 is 14.9 Å². The molecule has 8 nitrogen and oxygen atoms in total. The summed E-state index contributed by atoms with van der Waals surface area (Å²) >= 11 is 0. The largest absolute Gasteiger partial charge is 0.386 e. The molecular weight excluding hydrogens is 296 g/mol. The Bertz CT molecular complexity index is 688. The van der Waals surface area contributed by atoms with E-state index in [9.17, 15) is 9.90 Å². The molecule has 122 valence electrons. The van der Waals surface area contributed by atoms with Crippen LogP contribution in [0, 0.1) is 0 Å². The number of β-amino-alcohol motifs (C(OH)–C–C–N with tert-alkyl or cyclic N) is 1. The van der Waals surface area contributed by atoms with Crippen LogP contribution in [-0.2, 0) is 7.05 Å². The normalized spacial score (nSPS) is 20.7. The van der Waals surface area contributed by atoms with Gasteiger partial charge in [0.15, 0.2) is 0 Å². The molecule has 1 aliphatic heterocycles. The van der Waals surface area contributed by atoms with Crippen molar-refractivity contribution >= 4 is 11.7 Å². The molecule has 1 aliphatic rings. The van der Waals surface area contributed by atoms with Gasteiger partial charge in [-0.3, -0.25) is 14.5 Å². The first-order valence-electron chi connectivity index (χ1n) is 7.45. The molecular formula is C15H20N6O2. The van der Waals surface area contributed by atoms with Crippen molar-refractivity contribution in [2.75, 3.05) is 31.6 Å². The lowest BCUT2D eigenvalue weighted by molar-refractivity contribution is 0.0259. The van der Waals surface area contributed by atoms with Crippen molar-refractivity contribution < 1.29 is 9.90 Å². The molecule has 1 fully saturated rings. The van der Waals surface area contributed by atoms with Crippen LogP contribution in [0.15, 0.2) is 30.9 Å². The maximum absolute atomic E-state index is 12.4. The molecule has 0 spiro atoms. The second kappa shape index (κ2) is 5.96. The zero-order valence-corrected chi connectivity index (χ0v) is 13.3. The molecule has 0 aliphatic carbocycles. The summed E-state index contributed by atoms with van der Waals surface area (Å²) in [6.45, 7) is 1.37. The number of likely N-dealkylation sites (N-methyl/N-ethyl adjacent to an activating group) is 1. The Balaban J connectivity index is 1.66. The van der Waals surface area contributed by atoms with Crippen molar-refractivity contribution in [1.29, 1.82) is 0 Å². The number of carbonyl (C=O) groups is 1. The molecule has 2 aromatic rings. The number of aryl methyl sites for hydroxylation is 1. The third-order valence-electron chi connectivity index (χ3n) is 4.12. The standard InChI is InChI=1S/C15H20N6O2/c1-19(14(22)12-3-5-18-20(12)2)10-15(23)4-8-21(11-15)13-9-16-6-7-17-13/h3,5-7,9,23H,4,8,10-11H2,1-2H3. The van der Waals surface area contributed by atoms with Crippen LogP contribution in [0.2, 0.25) is 0 Å². The SMILES string of the molecule is CN(CC1(O)CCN(c2cnccn2)C1)C(=O)c1ccnn1C. The lowest BCUT2D eigenvalue weighted by Gasteiger charge is -2.29. The zero-order valence-electron chi connectivity index (χ0n) is 13.3. The van der Waals surface area contributed by atoms with E-state index < -0.39 is 5.60 Å². The lowest BCUT2D eigenvalue weighted by atomic mass is 10.0. The van der Waals surface area contributed by atoms with Gasteiger partial charge in [-0.25, -0.2) is 4.98 Å². The number of aromatic nitrogens is 4. The van der Waals surface area contributed by atoms with Crippen LogP contribution >= 0.6 is 0 Å². The predicted molar refractivity (Wildman–Crippen MR) is 84.0 cm³/mol. The van der Waals surface area contributed by atoms with Crippen LogP contribution < -0.4 is 4.90 Å². The highest BCUT2D eigenvalue weighted by molar-refractivity contribution is 5.92. The Morgan fingerprint density at radius 1 is 1.43 bits per heavy atom. The molecule has 1 atom stereocenters. The number of hydrogen-bond donors (Lipinski definition) is 1. The molecule has 0 radical (unpaired) electrons. The average Bonchev–Trinajstić information content (AvgIpc) is 3.13. The Kier molecular flexibility index (Phi) is 3.99. The quantitative estimate of drug-likeness (QED) is 0.849. The van der Waals surface area contributed by atoms with E-state index in [1.165, 1.54) is 9.58 Å². The number of aliphatic hydroxyl groups is 1. The van der Waals surface area contributed by atoms with Crippen LogP contribution in [0.3, 0.4) is 0 Å². The van der Waals surface area contributed by atoms with Gasteiger partial charge in [0, 0.05) is 45.8 Å². The Hall–Kier alpha value is -2.48. The summed E-state index contributed by atoms with van der Waals surface area (Å²) in [5.74, 6) is 0.584. The summed E-state index contributed by atoms with van der Waals surface area (Å²) in [6.07, 6.45) is 7.08. The second-order valence-electron chi connectivity index (χ2n) is 5.96. The van der Waals surface area contributed by atoms with Crippen LogP contribution in [0.5, 0.6) is 0 Å². The molecule has 23 heavy (non-hydrogen) atoms. The van der Waals surface area contributed by atoms with Crippen LogP contribution in [0.25, 0.3) is 0 Å². The van der Waals surface area contributed by atoms with Crippen molar-refractivity contribution in [1.82, 2.24) is 24.6 Å². The molecule has 0 aromatic carbocycles. The maximum atomic E-state index is 12.4. The van der Waals surface area contributed by atoms with E-state index in [1.54, 1.807) is 44.9 Å². The minimum atomic E-state index is -0.958. The van der Waals surface area contributed by atoms with E-state index in [0.29, 0.717) is 25.2 Å². The molecule has 1 amide bonds. The van der Waals surface area contributed by atoms with Crippen LogP contribution in [-0.4, -0.2) is 67.9 Å². The predicted octanol–water partition coefficient (Wildman–Crippen LogP) is -0.0765. The van der Waals surface area contributed by atoms with E-state index in [-0.39, 0.29) is 12.5 Å². The number of nitrogens with zero attached hydrogens (tertiary/aromatic N) is 6. The highest BCUT2D eigenvalue weighted by Crippen LogP contribution is 2.26. The van der Waals surface area contributed by atoms with Gasteiger partial charge in [-0.15, -0.1) is 0 Å². The summed E-state index contributed by atoms with van der Waals surface area (Å²) in [5.41, 5.74) is -0.458. The van der Waals surface area contributed by atoms with E-state index in [2.05, 4.69) is 15.1 Å². The monoisotopic (exact) mass is 316 g/mol. The molecule has 1 saturated heterocycles. The molecule has 8 heteroatoms. The number of amides is 1. The summed E-state index contributed by atoms with van der Waals surface area (Å²) in [6, 6.07) is 1.67. The average molecular weight is 316 g/mol. The van der Waals surface area contributed by atoms with Gasteiger partial charge in [0.2, 0.25) is 0 Å².